The molecule has 1 aliphatic heterocycles. The molecular formula is C21H22N6O. The number of hydrogen-bond donors (Lipinski definition) is 1. The number of carbonyl (C=O) groups excluding carboxylic acids is 1. The Morgan fingerprint density at radius 1 is 1.14 bits per heavy atom. The van der Waals surface area contributed by atoms with E-state index in [2.05, 4.69) is 15.3 Å². The molecule has 1 aliphatic rings. The molecule has 0 radical (unpaired) electrons. The third-order valence-electron chi connectivity index (χ3n) is 4.88. The van der Waals surface area contributed by atoms with Gasteiger partial charge in [0, 0.05) is 55.6 Å². The molecule has 0 spiro atoms. The Labute approximate surface area is 163 Å². The number of hydrogen-bond acceptors (Lipinski definition) is 6. The van der Waals surface area contributed by atoms with Gasteiger partial charge in [-0.3, -0.25) is 4.79 Å². The highest BCUT2D eigenvalue weighted by Gasteiger charge is 2.25. The number of nitrogens with one attached hydrogen (secondary N) is 1. The topological polar surface area (TPSA) is 83.9 Å². The molecule has 142 valence electrons. The van der Waals surface area contributed by atoms with E-state index >= 15 is 0 Å². The maximum atomic E-state index is 11.8. The van der Waals surface area contributed by atoms with Crippen molar-refractivity contribution in [3.63, 3.8) is 0 Å². The average molecular weight is 374 g/mol. The number of carbonyl (C=O) groups is 1. The maximum Gasteiger partial charge on any atom is 0.219 e. The summed E-state index contributed by atoms with van der Waals surface area (Å²) in [6.07, 6.45) is 6.90. The summed E-state index contributed by atoms with van der Waals surface area (Å²) in [5, 5.41) is 3.36. The zero-order valence-corrected chi connectivity index (χ0v) is 15.7. The van der Waals surface area contributed by atoms with Crippen LogP contribution in [0.4, 0.5) is 11.5 Å². The van der Waals surface area contributed by atoms with Gasteiger partial charge in [-0.2, -0.15) is 0 Å². The third kappa shape index (κ3) is 4.14. The zero-order chi connectivity index (χ0) is 19.3. The van der Waals surface area contributed by atoms with Gasteiger partial charge in [-0.1, -0.05) is 18.2 Å². The molecule has 28 heavy (non-hydrogen) atoms. The van der Waals surface area contributed by atoms with Crippen molar-refractivity contribution in [1.82, 2.24) is 24.8 Å². The summed E-state index contributed by atoms with van der Waals surface area (Å²) in [4.78, 5) is 31.5. The molecular weight excluding hydrogens is 352 g/mol. The van der Waals surface area contributed by atoms with Gasteiger partial charge in [0.15, 0.2) is 0 Å². The highest BCUT2D eigenvalue weighted by molar-refractivity contribution is 5.73. The van der Waals surface area contributed by atoms with Crippen molar-refractivity contribution in [3.05, 3.63) is 60.9 Å². The second-order valence-electron chi connectivity index (χ2n) is 6.92. The van der Waals surface area contributed by atoms with E-state index in [1.165, 1.54) is 6.33 Å². The number of rotatable bonds is 4. The summed E-state index contributed by atoms with van der Waals surface area (Å²) in [6.45, 7) is 3.06. The summed E-state index contributed by atoms with van der Waals surface area (Å²) in [5.74, 6) is 1.67. The van der Waals surface area contributed by atoms with Crippen LogP contribution in [-0.4, -0.2) is 43.8 Å². The quantitative estimate of drug-likeness (QED) is 0.753. The van der Waals surface area contributed by atoms with Crippen molar-refractivity contribution in [2.24, 2.45) is 0 Å². The molecule has 7 nitrogen and oxygen atoms in total. The summed E-state index contributed by atoms with van der Waals surface area (Å²) in [6, 6.07) is 11.8. The Morgan fingerprint density at radius 2 is 1.93 bits per heavy atom. The van der Waals surface area contributed by atoms with Gasteiger partial charge in [-0.05, 0) is 25.0 Å². The van der Waals surface area contributed by atoms with Crippen LogP contribution in [0.2, 0.25) is 0 Å². The summed E-state index contributed by atoms with van der Waals surface area (Å²) < 4.78 is 0. The first-order valence-corrected chi connectivity index (χ1v) is 9.41. The van der Waals surface area contributed by atoms with Crippen LogP contribution < -0.4 is 5.32 Å². The van der Waals surface area contributed by atoms with E-state index in [0.717, 1.165) is 48.0 Å². The molecule has 0 bridgehead atoms. The van der Waals surface area contributed by atoms with E-state index in [-0.39, 0.29) is 11.8 Å². The molecule has 7 heteroatoms. The number of piperidine rings is 1. The van der Waals surface area contributed by atoms with Crippen LogP contribution in [0.15, 0.2) is 55.1 Å². The second kappa shape index (κ2) is 8.12. The molecule has 1 amide bonds. The van der Waals surface area contributed by atoms with Gasteiger partial charge in [0.1, 0.15) is 18.0 Å². The Kier molecular flexibility index (Phi) is 5.23. The van der Waals surface area contributed by atoms with Crippen LogP contribution in [0, 0.1) is 0 Å². The number of aromatic nitrogens is 4. The zero-order valence-electron chi connectivity index (χ0n) is 15.7. The maximum absolute atomic E-state index is 11.8. The molecule has 1 fully saturated rings. The van der Waals surface area contributed by atoms with E-state index in [1.54, 1.807) is 19.3 Å². The van der Waals surface area contributed by atoms with E-state index in [0.29, 0.717) is 6.54 Å². The Morgan fingerprint density at radius 3 is 2.68 bits per heavy atom. The van der Waals surface area contributed by atoms with Crippen LogP contribution in [0.25, 0.3) is 11.3 Å². The van der Waals surface area contributed by atoms with Crippen LogP contribution in [0.3, 0.4) is 0 Å². The van der Waals surface area contributed by atoms with Crippen molar-refractivity contribution in [1.29, 1.82) is 0 Å². The first kappa shape index (κ1) is 18.0. The lowest BCUT2D eigenvalue weighted by atomic mass is 9.97. The van der Waals surface area contributed by atoms with Crippen molar-refractivity contribution in [2.45, 2.75) is 25.7 Å². The highest BCUT2D eigenvalue weighted by Crippen LogP contribution is 2.29. The minimum Gasteiger partial charge on any atom is -0.342 e. The standard InChI is InChI=1S/C21H22N6O/c1-15(28)27-9-5-6-16(13-27)21-25-19(17-11-22-14-23-12-17)10-20(26-21)24-18-7-3-2-4-8-18/h2-4,7-8,10-12,14,16H,5-6,9,13H2,1H3,(H,24,25,26). The number of amides is 1. The lowest BCUT2D eigenvalue weighted by Crippen LogP contribution is -2.38. The Balaban J connectivity index is 1.70. The van der Waals surface area contributed by atoms with Crippen molar-refractivity contribution in [3.8, 4) is 11.3 Å². The van der Waals surface area contributed by atoms with Crippen LogP contribution in [0.1, 0.15) is 31.5 Å². The first-order chi connectivity index (χ1) is 13.7. The molecule has 4 rings (SSSR count). The molecule has 1 unspecified atom stereocenters. The fourth-order valence-electron chi connectivity index (χ4n) is 3.43. The molecule has 3 aromatic rings. The number of likely N-dealkylation sites (tertiary alicyclic amines) is 1. The molecule has 0 aliphatic carbocycles. The molecule has 1 saturated heterocycles. The lowest BCUT2D eigenvalue weighted by molar-refractivity contribution is -0.130. The van der Waals surface area contributed by atoms with Crippen molar-refractivity contribution in [2.75, 3.05) is 18.4 Å². The van der Waals surface area contributed by atoms with Gasteiger partial charge in [-0.25, -0.2) is 19.9 Å². The van der Waals surface area contributed by atoms with Gasteiger partial charge in [0.2, 0.25) is 5.91 Å². The number of benzene rings is 1. The van der Waals surface area contributed by atoms with Gasteiger partial charge < -0.3 is 10.2 Å². The monoisotopic (exact) mass is 374 g/mol. The lowest BCUT2D eigenvalue weighted by Gasteiger charge is -2.31. The van der Waals surface area contributed by atoms with E-state index < -0.39 is 0 Å². The molecule has 1 atom stereocenters. The van der Waals surface area contributed by atoms with Gasteiger partial charge >= 0.3 is 0 Å². The minimum absolute atomic E-state index is 0.0972. The molecule has 0 saturated carbocycles. The number of para-hydroxylation sites is 1. The van der Waals surface area contributed by atoms with Crippen LogP contribution in [-0.2, 0) is 4.79 Å². The normalized spacial score (nSPS) is 16.6. The fraction of sp³-hybridized carbons (Fsp3) is 0.286. The SMILES string of the molecule is CC(=O)N1CCCC(c2nc(Nc3ccccc3)cc(-c3cncnc3)n2)C1. The van der Waals surface area contributed by atoms with Gasteiger partial charge in [0.25, 0.3) is 0 Å². The smallest absolute Gasteiger partial charge is 0.219 e. The van der Waals surface area contributed by atoms with Crippen molar-refractivity contribution < 1.29 is 4.79 Å². The van der Waals surface area contributed by atoms with Crippen LogP contribution >= 0.6 is 0 Å². The largest absolute Gasteiger partial charge is 0.342 e. The molecule has 1 aromatic carbocycles. The molecule has 3 heterocycles. The van der Waals surface area contributed by atoms with E-state index in [9.17, 15) is 4.79 Å². The average Bonchev–Trinajstić information content (AvgIpc) is 2.75. The Bertz CT molecular complexity index is 948. The first-order valence-electron chi connectivity index (χ1n) is 9.41. The summed E-state index contributed by atoms with van der Waals surface area (Å²) in [5.41, 5.74) is 2.56. The van der Waals surface area contributed by atoms with E-state index in [1.807, 2.05) is 41.3 Å². The molecule has 1 N–H and O–H groups in total. The predicted molar refractivity (Wildman–Crippen MR) is 107 cm³/mol. The molecule has 2 aromatic heterocycles. The fourth-order valence-corrected chi connectivity index (χ4v) is 3.43. The van der Waals surface area contributed by atoms with Gasteiger partial charge in [-0.15, -0.1) is 0 Å². The second-order valence-corrected chi connectivity index (χ2v) is 6.92. The summed E-state index contributed by atoms with van der Waals surface area (Å²) in [7, 11) is 0. The van der Waals surface area contributed by atoms with Crippen molar-refractivity contribution >= 4 is 17.4 Å². The summed E-state index contributed by atoms with van der Waals surface area (Å²) >= 11 is 0. The number of anilines is 2. The third-order valence-corrected chi connectivity index (χ3v) is 4.88. The van der Waals surface area contributed by atoms with Crippen LogP contribution in [0.5, 0.6) is 0 Å². The Hall–Kier alpha value is -3.35. The van der Waals surface area contributed by atoms with E-state index in [4.69, 9.17) is 9.97 Å². The predicted octanol–water partition coefficient (Wildman–Crippen LogP) is 3.40. The number of nitrogens with zero attached hydrogens (tertiary/aromatic N) is 5. The minimum atomic E-state index is 0.0972. The highest BCUT2D eigenvalue weighted by atomic mass is 16.2. The van der Waals surface area contributed by atoms with Gasteiger partial charge in [0.05, 0.1) is 5.69 Å².